The predicted octanol–water partition coefficient (Wildman–Crippen LogP) is 2.79. The average Bonchev–Trinajstić information content (AvgIpc) is 2.25. The normalized spacial score (nSPS) is 13.5. The largest absolute Gasteiger partial charge is 0.394 e. The summed E-state index contributed by atoms with van der Waals surface area (Å²) in [6.45, 7) is 3.98. The number of halogens is 2. The molecule has 0 aliphatic rings. The zero-order valence-electron chi connectivity index (χ0n) is 10.0. The lowest BCUT2D eigenvalue weighted by atomic mass is 10.1. The Bertz CT molecular complexity index is 391. The zero-order chi connectivity index (χ0) is 12.8. The van der Waals surface area contributed by atoms with Crippen LogP contribution in [0.25, 0.3) is 0 Å². The van der Waals surface area contributed by atoms with E-state index in [0.717, 1.165) is 12.5 Å². The van der Waals surface area contributed by atoms with Crippen molar-refractivity contribution in [3.8, 4) is 0 Å². The predicted molar refractivity (Wildman–Crippen MR) is 64.3 cm³/mol. The summed E-state index contributed by atoms with van der Waals surface area (Å²) in [7, 11) is 0. The first-order chi connectivity index (χ1) is 8.02. The Kier molecular flexibility index (Phi) is 5.22. The molecule has 0 bridgehead atoms. The van der Waals surface area contributed by atoms with E-state index in [1.807, 2.05) is 13.8 Å². The molecule has 0 fully saturated rings. The van der Waals surface area contributed by atoms with Crippen LogP contribution in [0, 0.1) is 17.6 Å². The molecular weight excluding hydrogens is 224 g/mol. The second kappa shape index (κ2) is 6.45. The highest BCUT2D eigenvalue weighted by Crippen LogP contribution is 2.10. The van der Waals surface area contributed by atoms with Crippen LogP contribution < -0.4 is 0 Å². The van der Waals surface area contributed by atoms with Gasteiger partial charge in [-0.3, -0.25) is 4.99 Å². The van der Waals surface area contributed by atoms with E-state index in [1.54, 1.807) is 0 Å². The van der Waals surface area contributed by atoms with Gasteiger partial charge >= 0.3 is 0 Å². The minimum absolute atomic E-state index is 0.0719. The quantitative estimate of drug-likeness (QED) is 0.790. The fourth-order valence-electron chi connectivity index (χ4n) is 1.52. The number of aliphatic hydroxyl groups excluding tert-OH is 1. The maximum Gasteiger partial charge on any atom is 0.134 e. The minimum atomic E-state index is -0.644. The summed E-state index contributed by atoms with van der Waals surface area (Å²) in [5.74, 6) is -0.849. The van der Waals surface area contributed by atoms with Crippen LogP contribution in [0.2, 0.25) is 0 Å². The number of aliphatic imine (C=N–C) groups is 1. The number of aliphatic hydroxyl groups is 1. The summed E-state index contributed by atoms with van der Waals surface area (Å²) in [5.41, 5.74) is 0.230. The highest BCUT2D eigenvalue weighted by Gasteiger charge is 2.07. The summed E-state index contributed by atoms with van der Waals surface area (Å²) >= 11 is 0. The van der Waals surface area contributed by atoms with Crippen molar-refractivity contribution in [1.29, 1.82) is 0 Å². The Morgan fingerprint density at radius 2 is 2.06 bits per heavy atom. The van der Waals surface area contributed by atoms with Gasteiger partial charge in [0.15, 0.2) is 0 Å². The number of nitrogens with zero attached hydrogens (tertiary/aromatic N) is 1. The van der Waals surface area contributed by atoms with Crippen molar-refractivity contribution in [2.24, 2.45) is 10.9 Å². The van der Waals surface area contributed by atoms with E-state index >= 15 is 0 Å². The standard InChI is InChI=1S/C13H17F2NO/c1-9(2)5-12(8-17)16-7-10-3-4-11(14)6-13(10)15/h3-4,6-7,9,12,17H,5,8H2,1-2H3/b16-7+. The molecule has 0 saturated heterocycles. The lowest BCUT2D eigenvalue weighted by Crippen LogP contribution is -2.13. The van der Waals surface area contributed by atoms with Gasteiger partial charge in [0.25, 0.3) is 0 Å². The van der Waals surface area contributed by atoms with Crippen molar-refractivity contribution >= 4 is 6.21 Å². The smallest absolute Gasteiger partial charge is 0.134 e. The van der Waals surface area contributed by atoms with Gasteiger partial charge in [-0.05, 0) is 24.5 Å². The summed E-state index contributed by atoms with van der Waals surface area (Å²) < 4.78 is 25.9. The molecule has 0 radical (unpaired) electrons. The van der Waals surface area contributed by atoms with E-state index in [9.17, 15) is 8.78 Å². The second-order valence-corrected chi connectivity index (χ2v) is 4.41. The Morgan fingerprint density at radius 3 is 2.59 bits per heavy atom. The van der Waals surface area contributed by atoms with E-state index in [0.29, 0.717) is 5.92 Å². The van der Waals surface area contributed by atoms with Gasteiger partial charge in [-0.1, -0.05) is 13.8 Å². The van der Waals surface area contributed by atoms with Gasteiger partial charge in [0.1, 0.15) is 11.6 Å². The lowest BCUT2D eigenvalue weighted by Gasteiger charge is -2.11. The van der Waals surface area contributed by atoms with Crippen molar-refractivity contribution in [2.75, 3.05) is 6.61 Å². The van der Waals surface area contributed by atoms with Gasteiger partial charge in [-0.25, -0.2) is 8.78 Å². The summed E-state index contributed by atoms with van der Waals surface area (Å²) in [6.07, 6.45) is 2.08. The SMILES string of the molecule is CC(C)CC(CO)/N=C/c1ccc(F)cc1F. The van der Waals surface area contributed by atoms with E-state index in [-0.39, 0.29) is 18.2 Å². The van der Waals surface area contributed by atoms with Crippen LogP contribution in [0.3, 0.4) is 0 Å². The maximum absolute atomic E-state index is 13.3. The van der Waals surface area contributed by atoms with Crippen LogP contribution in [0.1, 0.15) is 25.8 Å². The average molecular weight is 241 g/mol. The lowest BCUT2D eigenvalue weighted by molar-refractivity contribution is 0.251. The fourth-order valence-corrected chi connectivity index (χ4v) is 1.52. The summed E-state index contributed by atoms with van der Waals surface area (Å²) in [5, 5.41) is 9.10. The van der Waals surface area contributed by atoms with E-state index < -0.39 is 11.6 Å². The second-order valence-electron chi connectivity index (χ2n) is 4.41. The molecule has 94 valence electrons. The number of benzene rings is 1. The molecule has 0 heterocycles. The molecule has 0 aliphatic heterocycles. The van der Waals surface area contributed by atoms with E-state index in [1.165, 1.54) is 18.3 Å². The van der Waals surface area contributed by atoms with Gasteiger partial charge in [-0.15, -0.1) is 0 Å². The summed E-state index contributed by atoms with van der Waals surface area (Å²) in [4.78, 5) is 4.11. The van der Waals surface area contributed by atoms with Crippen molar-refractivity contribution in [3.63, 3.8) is 0 Å². The molecule has 0 spiro atoms. The Labute approximate surface area is 100 Å². The monoisotopic (exact) mass is 241 g/mol. The molecule has 1 aromatic rings. The number of hydrogen-bond acceptors (Lipinski definition) is 2. The Hall–Kier alpha value is -1.29. The van der Waals surface area contributed by atoms with Crippen LogP contribution in [0.4, 0.5) is 8.78 Å². The molecule has 4 heteroatoms. The topological polar surface area (TPSA) is 32.6 Å². The molecule has 17 heavy (non-hydrogen) atoms. The minimum Gasteiger partial charge on any atom is -0.394 e. The van der Waals surface area contributed by atoms with Crippen molar-refractivity contribution in [3.05, 3.63) is 35.4 Å². The first-order valence-electron chi connectivity index (χ1n) is 5.62. The molecule has 0 amide bonds. The first-order valence-corrected chi connectivity index (χ1v) is 5.62. The highest BCUT2D eigenvalue weighted by molar-refractivity contribution is 5.80. The van der Waals surface area contributed by atoms with E-state index in [2.05, 4.69) is 4.99 Å². The Morgan fingerprint density at radius 1 is 1.35 bits per heavy atom. The van der Waals surface area contributed by atoms with Crippen LogP contribution in [-0.4, -0.2) is 24.0 Å². The molecule has 1 rings (SSSR count). The third kappa shape index (κ3) is 4.61. The van der Waals surface area contributed by atoms with Gasteiger partial charge < -0.3 is 5.11 Å². The van der Waals surface area contributed by atoms with Crippen LogP contribution >= 0.6 is 0 Å². The van der Waals surface area contributed by atoms with Crippen molar-refractivity contribution in [1.82, 2.24) is 0 Å². The van der Waals surface area contributed by atoms with Crippen LogP contribution in [-0.2, 0) is 0 Å². The molecule has 0 aromatic heterocycles. The van der Waals surface area contributed by atoms with Crippen LogP contribution in [0.5, 0.6) is 0 Å². The molecule has 1 atom stereocenters. The zero-order valence-corrected chi connectivity index (χ0v) is 10.0. The molecular formula is C13H17F2NO. The van der Waals surface area contributed by atoms with E-state index in [4.69, 9.17) is 5.11 Å². The molecule has 1 aromatic carbocycles. The van der Waals surface area contributed by atoms with Gasteiger partial charge in [0, 0.05) is 17.8 Å². The van der Waals surface area contributed by atoms with Gasteiger partial charge in [0.2, 0.25) is 0 Å². The molecule has 2 nitrogen and oxygen atoms in total. The Balaban J connectivity index is 2.74. The summed E-state index contributed by atoms with van der Waals surface area (Å²) in [6, 6.07) is 3.09. The molecule has 1 unspecified atom stereocenters. The van der Waals surface area contributed by atoms with Crippen molar-refractivity contribution in [2.45, 2.75) is 26.3 Å². The molecule has 0 saturated carbocycles. The third-order valence-corrected chi connectivity index (χ3v) is 2.34. The fraction of sp³-hybridized carbons (Fsp3) is 0.462. The van der Waals surface area contributed by atoms with Gasteiger partial charge in [0.05, 0.1) is 12.6 Å². The number of hydrogen-bond donors (Lipinski definition) is 1. The maximum atomic E-state index is 13.3. The molecule has 0 aliphatic carbocycles. The number of rotatable bonds is 5. The third-order valence-electron chi connectivity index (χ3n) is 2.34. The van der Waals surface area contributed by atoms with Crippen molar-refractivity contribution < 1.29 is 13.9 Å². The highest BCUT2D eigenvalue weighted by atomic mass is 19.1. The van der Waals surface area contributed by atoms with Gasteiger partial charge in [-0.2, -0.15) is 0 Å². The first kappa shape index (κ1) is 13.8. The van der Waals surface area contributed by atoms with Crippen LogP contribution in [0.15, 0.2) is 23.2 Å². The molecule has 1 N–H and O–H groups in total.